The molecule has 0 aromatic heterocycles. The molecule has 0 aliphatic heterocycles. The number of rotatable bonds is 2. The number of carbonyl (C=O) groups is 2. The van der Waals surface area contributed by atoms with E-state index in [0.29, 0.717) is 17.4 Å². The summed E-state index contributed by atoms with van der Waals surface area (Å²) < 4.78 is 0. The lowest BCUT2D eigenvalue weighted by Gasteiger charge is -2.60. The Kier molecular flexibility index (Phi) is 7.17. The molecule has 4 aliphatic rings. The Labute approximate surface area is 229 Å². The van der Waals surface area contributed by atoms with E-state index in [0.717, 1.165) is 49.3 Å². The van der Waals surface area contributed by atoms with Crippen molar-refractivity contribution < 1.29 is 30.0 Å². The number of phenolic OH excluding ortho intramolecular Hbond substituents is 1. The number of aliphatic hydroxyl groups excluding tert-OH is 2. The van der Waals surface area contributed by atoms with Crippen LogP contribution in [0.1, 0.15) is 65.2 Å². The van der Waals surface area contributed by atoms with E-state index < -0.39 is 23.4 Å². The molecule has 0 heterocycles. The zero-order chi connectivity index (χ0) is 27.5. The van der Waals surface area contributed by atoms with Crippen LogP contribution in [0, 0.1) is 34.5 Å². The van der Waals surface area contributed by atoms with Crippen LogP contribution in [0.15, 0.2) is 36.4 Å². The van der Waals surface area contributed by atoms with Crippen LogP contribution in [0.3, 0.4) is 0 Å². The molecule has 6 rings (SSSR count). The molecular weight excluding hydrogens is 504 g/mol. The monoisotopic (exact) mass is 542 g/mol. The van der Waals surface area contributed by atoms with E-state index in [1.165, 1.54) is 0 Å². The quantitative estimate of drug-likeness (QED) is 0.421. The predicted molar refractivity (Wildman–Crippen MR) is 146 cm³/mol. The Morgan fingerprint density at radius 3 is 2.42 bits per heavy atom. The molecule has 0 radical (unpaired) electrons. The summed E-state index contributed by atoms with van der Waals surface area (Å²) in [7, 11) is 0. The van der Waals surface area contributed by atoms with Gasteiger partial charge in [0.2, 0.25) is 0 Å². The van der Waals surface area contributed by atoms with Gasteiger partial charge in [0.05, 0.1) is 6.10 Å². The molecule has 0 saturated heterocycles. The van der Waals surface area contributed by atoms with Crippen LogP contribution < -0.4 is 0 Å². The Morgan fingerprint density at radius 2 is 1.74 bits per heavy atom. The molecule has 38 heavy (non-hydrogen) atoms. The number of ketones is 2. The van der Waals surface area contributed by atoms with E-state index >= 15 is 0 Å². The first-order chi connectivity index (χ1) is 18.0. The van der Waals surface area contributed by atoms with Crippen molar-refractivity contribution in [3.8, 4) is 5.75 Å². The number of benzene rings is 2. The summed E-state index contributed by atoms with van der Waals surface area (Å²) in [6, 6.07) is 10.8. The van der Waals surface area contributed by atoms with Crippen LogP contribution in [0.4, 0.5) is 0 Å². The van der Waals surface area contributed by atoms with Crippen LogP contribution >= 0.6 is 11.6 Å². The Balaban J connectivity index is 0.000000204. The zero-order valence-corrected chi connectivity index (χ0v) is 23.0. The smallest absolute Gasteiger partial charge is 0.190 e. The van der Waals surface area contributed by atoms with Crippen molar-refractivity contribution in [1.29, 1.82) is 0 Å². The number of Topliss-reactive ketones (excluding diaryl/α,β-unsaturated/α-hetero) is 2. The molecule has 0 amide bonds. The van der Waals surface area contributed by atoms with Gasteiger partial charge in [-0.2, -0.15) is 0 Å². The van der Waals surface area contributed by atoms with Crippen LogP contribution in [0.2, 0.25) is 5.02 Å². The lowest BCUT2D eigenvalue weighted by molar-refractivity contribution is -0.180. The van der Waals surface area contributed by atoms with Gasteiger partial charge in [-0.25, -0.2) is 0 Å². The summed E-state index contributed by atoms with van der Waals surface area (Å²) in [5.41, 5.74) is -2.40. The van der Waals surface area contributed by atoms with E-state index in [1.54, 1.807) is 12.1 Å². The second kappa shape index (κ2) is 9.88. The molecule has 0 unspecified atom stereocenters. The number of halogens is 1. The van der Waals surface area contributed by atoms with Crippen molar-refractivity contribution in [1.82, 2.24) is 0 Å². The first kappa shape index (κ1) is 27.6. The van der Waals surface area contributed by atoms with Crippen molar-refractivity contribution >= 4 is 33.9 Å². The van der Waals surface area contributed by atoms with Crippen molar-refractivity contribution in [2.24, 2.45) is 34.5 Å². The fraction of sp³-hybridized carbons (Fsp3) is 0.613. The van der Waals surface area contributed by atoms with Gasteiger partial charge in [0.1, 0.15) is 23.7 Å². The highest BCUT2D eigenvalue weighted by Gasteiger charge is 2.68. The van der Waals surface area contributed by atoms with Crippen LogP contribution in [-0.2, 0) is 9.59 Å². The molecule has 4 N–H and O–H groups in total. The molecule has 4 saturated carbocycles. The molecule has 4 fully saturated rings. The molecule has 4 aliphatic carbocycles. The average Bonchev–Trinajstić information content (AvgIpc) is 3.17. The van der Waals surface area contributed by atoms with Crippen molar-refractivity contribution in [3.05, 3.63) is 41.4 Å². The number of hydrogen-bond acceptors (Lipinski definition) is 6. The minimum absolute atomic E-state index is 0.0154. The molecular formula is C31H39ClO6. The highest BCUT2D eigenvalue weighted by Crippen LogP contribution is 2.67. The molecule has 2 aromatic carbocycles. The van der Waals surface area contributed by atoms with E-state index in [1.807, 2.05) is 31.2 Å². The highest BCUT2D eigenvalue weighted by atomic mass is 35.5. The van der Waals surface area contributed by atoms with Crippen molar-refractivity contribution in [2.45, 2.75) is 76.9 Å². The van der Waals surface area contributed by atoms with Gasteiger partial charge in [-0.15, -0.1) is 0 Å². The number of carbonyl (C=O) groups excluding carboxylic acids is 2. The SMILES string of the molecule is C[C@]12CC[C@@H](O)C[C@H]1CC[C@@H]1[C@@H]2C(=O)C[C@@]2(C)[C@H]1CC[C@]2(O)C(=O)CO.Oc1ccc(Cl)c2ccccc12. The first-order valence-corrected chi connectivity index (χ1v) is 14.3. The molecule has 0 spiro atoms. The van der Waals surface area contributed by atoms with E-state index in [4.69, 9.17) is 11.6 Å². The van der Waals surface area contributed by atoms with E-state index in [2.05, 4.69) is 6.92 Å². The Hall–Kier alpha value is -1.99. The summed E-state index contributed by atoms with van der Waals surface area (Å²) in [6.45, 7) is 3.46. The van der Waals surface area contributed by atoms with E-state index in [9.17, 15) is 30.0 Å². The lowest BCUT2D eigenvalue weighted by Crippen LogP contribution is -2.62. The van der Waals surface area contributed by atoms with Crippen LogP contribution in [-0.4, -0.2) is 50.3 Å². The van der Waals surface area contributed by atoms with Crippen molar-refractivity contribution in [2.75, 3.05) is 6.61 Å². The Bertz CT molecular complexity index is 1210. The molecule has 7 heteroatoms. The summed E-state index contributed by atoms with van der Waals surface area (Å²) in [5.74, 6) is 0.653. The third-order valence-corrected chi connectivity index (χ3v) is 11.3. The number of hydrogen-bond donors (Lipinski definition) is 4. The number of fused-ring (bicyclic) bond motifs is 6. The summed E-state index contributed by atoms with van der Waals surface area (Å²) in [4.78, 5) is 25.7. The average molecular weight is 543 g/mol. The van der Waals surface area contributed by atoms with Crippen molar-refractivity contribution in [3.63, 3.8) is 0 Å². The number of aromatic hydroxyl groups is 1. The van der Waals surface area contributed by atoms with Gasteiger partial charge in [-0.3, -0.25) is 9.59 Å². The van der Waals surface area contributed by atoms with Gasteiger partial charge < -0.3 is 20.4 Å². The normalized spacial score (nSPS) is 39.9. The van der Waals surface area contributed by atoms with Crippen LogP contribution in [0.5, 0.6) is 5.75 Å². The van der Waals surface area contributed by atoms with Gasteiger partial charge in [-0.1, -0.05) is 49.7 Å². The fourth-order valence-electron chi connectivity index (χ4n) is 8.89. The second-order valence-corrected chi connectivity index (χ2v) is 13.0. The third-order valence-electron chi connectivity index (χ3n) is 10.9. The minimum atomic E-state index is -1.58. The maximum absolute atomic E-state index is 13.4. The molecule has 0 bridgehead atoms. The molecule has 8 atom stereocenters. The minimum Gasteiger partial charge on any atom is -0.507 e. The lowest BCUT2D eigenvalue weighted by atomic mass is 9.44. The summed E-state index contributed by atoms with van der Waals surface area (Å²) in [6.07, 6.45) is 5.47. The number of phenols is 1. The first-order valence-electron chi connectivity index (χ1n) is 13.9. The van der Waals surface area contributed by atoms with Gasteiger partial charge in [-0.05, 0) is 80.2 Å². The summed E-state index contributed by atoms with van der Waals surface area (Å²) >= 11 is 5.92. The standard InChI is InChI=1S/C21H32O5.C10H7ClO/c1-19-7-5-13(23)9-12(19)3-4-14-15-6-8-21(26,17(25)11-22)20(15,2)10-16(24)18(14)19;11-9-5-6-10(12)8-4-2-1-3-7(8)9/h12-15,18,22-23,26H,3-11H2,1-2H3;1-6,12H/t12-,13-,14+,15+,18-,19+,20+,21+;/m1./s1. The molecule has 2 aromatic rings. The second-order valence-electron chi connectivity index (χ2n) is 12.6. The predicted octanol–water partition coefficient (Wildman–Crippen LogP) is 5.06. The van der Waals surface area contributed by atoms with Crippen LogP contribution in [0.25, 0.3) is 10.8 Å². The zero-order valence-electron chi connectivity index (χ0n) is 22.2. The van der Waals surface area contributed by atoms with Gasteiger partial charge in [0.25, 0.3) is 0 Å². The largest absolute Gasteiger partial charge is 0.507 e. The van der Waals surface area contributed by atoms with Gasteiger partial charge in [0, 0.05) is 33.5 Å². The maximum Gasteiger partial charge on any atom is 0.190 e. The highest BCUT2D eigenvalue weighted by molar-refractivity contribution is 6.35. The summed E-state index contributed by atoms with van der Waals surface area (Å²) in [5, 5.41) is 42.4. The van der Waals surface area contributed by atoms with Gasteiger partial charge in [0.15, 0.2) is 5.78 Å². The topological polar surface area (TPSA) is 115 Å². The number of aliphatic hydroxyl groups is 3. The maximum atomic E-state index is 13.4. The molecule has 206 valence electrons. The van der Waals surface area contributed by atoms with E-state index in [-0.39, 0.29) is 47.2 Å². The third kappa shape index (κ3) is 4.11. The fourth-order valence-corrected chi connectivity index (χ4v) is 9.12. The Morgan fingerprint density at radius 1 is 1.03 bits per heavy atom. The molecule has 6 nitrogen and oxygen atoms in total. The van der Waals surface area contributed by atoms with Gasteiger partial charge >= 0.3 is 0 Å².